The minimum Gasteiger partial charge on any atom is -0.494 e. The molecule has 0 fully saturated rings. The second kappa shape index (κ2) is 4.48. The van der Waals surface area contributed by atoms with Gasteiger partial charge >= 0.3 is 5.97 Å². The molecule has 0 spiro atoms. The highest BCUT2D eigenvalue weighted by Crippen LogP contribution is 2.26. The Labute approximate surface area is 102 Å². The number of aromatic nitrogens is 1. The van der Waals surface area contributed by atoms with Crippen molar-refractivity contribution in [3.63, 3.8) is 0 Å². The van der Waals surface area contributed by atoms with Crippen LogP contribution in [0.2, 0.25) is 0 Å². The van der Waals surface area contributed by atoms with Crippen LogP contribution in [0, 0.1) is 12.7 Å². The molecule has 0 amide bonds. The third-order valence-corrected chi connectivity index (χ3v) is 2.40. The Morgan fingerprint density at radius 2 is 2.22 bits per heavy atom. The van der Waals surface area contributed by atoms with Crippen molar-refractivity contribution in [2.75, 3.05) is 7.11 Å². The number of hydrogen-bond donors (Lipinski definition) is 1. The third kappa shape index (κ3) is 2.04. The summed E-state index contributed by atoms with van der Waals surface area (Å²) in [6.07, 6.45) is 0. The summed E-state index contributed by atoms with van der Waals surface area (Å²) in [7, 11) is 1.36. The fourth-order valence-electron chi connectivity index (χ4n) is 1.52. The molecule has 1 heterocycles. The van der Waals surface area contributed by atoms with E-state index in [2.05, 4.69) is 4.98 Å². The maximum absolute atomic E-state index is 13.5. The summed E-state index contributed by atoms with van der Waals surface area (Å²) in [4.78, 5) is 14.6. The van der Waals surface area contributed by atoms with Gasteiger partial charge in [-0.05, 0) is 25.1 Å². The first-order valence-corrected chi connectivity index (χ1v) is 5.07. The Hall–Kier alpha value is -2.37. The topological polar surface area (TPSA) is 72.6 Å². The molecule has 0 unspecified atom stereocenters. The van der Waals surface area contributed by atoms with E-state index in [1.54, 1.807) is 6.07 Å². The van der Waals surface area contributed by atoms with Crippen molar-refractivity contribution in [1.29, 1.82) is 0 Å². The van der Waals surface area contributed by atoms with E-state index in [1.807, 2.05) is 0 Å². The van der Waals surface area contributed by atoms with Gasteiger partial charge in [-0.3, -0.25) is 0 Å². The smallest absolute Gasteiger partial charge is 0.358 e. The Morgan fingerprint density at radius 3 is 2.72 bits per heavy atom. The van der Waals surface area contributed by atoms with E-state index in [9.17, 15) is 9.18 Å². The molecular weight excluding hydrogens is 241 g/mol. The summed E-state index contributed by atoms with van der Waals surface area (Å²) in [5.41, 5.74) is 0.171. The van der Waals surface area contributed by atoms with Crippen LogP contribution in [-0.2, 0) is 0 Å². The van der Waals surface area contributed by atoms with Gasteiger partial charge in [0.25, 0.3) is 0 Å². The average Bonchev–Trinajstić information content (AvgIpc) is 2.71. The molecule has 0 atom stereocenters. The fraction of sp³-hybridized carbons (Fsp3) is 0.167. The lowest BCUT2D eigenvalue weighted by Crippen LogP contribution is -1.98. The maximum atomic E-state index is 13.5. The van der Waals surface area contributed by atoms with Gasteiger partial charge in [-0.1, -0.05) is 0 Å². The molecule has 94 valence electrons. The van der Waals surface area contributed by atoms with E-state index in [1.165, 1.54) is 26.2 Å². The first-order valence-electron chi connectivity index (χ1n) is 5.07. The number of halogens is 1. The van der Waals surface area contributed by atoms with Crippen molar-refractivity contribution in [3.8, 4) is 17.2 Å². The molecule has 1 aromatic carbocycles. The van der Waals surface area contributed by atoms with Gasteiger partial charge in [0.1, 0.15) is 5.76 Å². The SMILES string of the molecule is COc1ccc(-c2nc(C(=O)O)c(C)o2)cc1F. The lowest BCUT2D eigenvalue weighted by atomic mass is 10.2. The summed E-state index contributed by atoms with van der Waals surface area (Å²) < 4.78 is 23.5. The number of carbonyl (C=O) groups is 1. The summed E-state index contributed by atoms with van der Waals surface area (Å²) in [6.45, 7) is 1.49. The molecule has 6 heteroatoms. The third-order valence-electron chi connectivity index (χ3n) is 2.40. The van der Waals surface area contributed by atoms with E-state index in [4.69, 9.17) is 14.3 Å². The van der Waals surface area contributed by atoms with Gasteiger partial charge in [-0.25, -0.2) is 14.2 Å². The van der Waals surface area contributed by atoms with Crippen molar-refractivity contribution in [3.05, 3.63) is 35.5 Å². The van der Waals surface area contributed by atoms with E-state index >= 15 is 0 Å². The predicted octanol–water partition coefficient (Wildman–Crippen LogP) is 2.50. The van der Waals surface area contributed by atoms with Gasteiger partial charge in [-0.2, -0.15) is 0 Å². The van der Waals surface area contributed by atoms with Crippen molar-refractivity contribution < 1.29 is 23.4 Å². The highest BCUT2D eigenvalue weighted by molar-refractivity contribution is 5.87. The summed E-state index contributed by atoms with van der Waals surface area (Å²) >= 11 is 0. The first kappa shape index (κ1) is 12.1. The molecule has 2 rings (SSSR count). The summed E-state index contributed by atoms with van der Waals surface area (Å²) in [5, 5.41) is 8.85. The highest BCUT2D eigenvalue weighted by atomic mass is 19.1. The number of hydrogen-bond acceptors (Lipinski definition) is 4. The van der Waals surface area contributed by atoms with Crippen LogP contribution in [0.4, 0.5) is 4.39 Å². The predicted molar refractivity (Wildman–Crippen MR) is 60.1 cm³/mol. The maximum Gasteiger partial charge on any atom is 0.358 e. The Balaban J connectivity index is 2.46. The Kier molecular flexibility index (Phi) is 3.01. The molecule has 0 aliphatic carbocycles. The van der Waals surface area contributed by atoms with E-state index in [0.29, 0.717) is 5.56 Å². The Morgan fingerprint density at radius 1 is 1.50 bits per heavy atom. The number of benzene rings is 1. The van der Waals surface area contributed by atoms with E-state index in [-0.39, 0.29) is 23.1 Å². The van der Waals surface area contributed by atoms with Crippen LogP contribution in [0.15, 0.2) is 22.6 Å². The van der Waals surface area contributed by atoms with Gasteiger partial charge in [0, 0.05) is 5.56 Å². The highest BCUT2D eigenvalue weighted by Gasteiger charge is 2.17. The van der Waals surface area contributed by atoms with Crippen molar-refractivity contribution in [2.24, 2.45) is 0 Å². The largest absolute Gasteiger partial charge is 0.494 e. The normalized spacial score (nSPS) is 10.4. The standard InChI is InChI=1S/C12H10FNO4/c1-6-10(12(15)16)14-11(18-6)7-3-4-9(17-2)8(13)5-7/h3-5H,1-2H3,(H,15,16). The monoisotopic (exact) mass is 251 g/mol. The molecule has 1 aromatic heterocycles. The fourth-order valence-corrected chi connectivity index (χ4v) is 1.52. The van der Waals surface area contributed by atoms with Crippen molar-refractivity contribution in [1.82, 2.24) is 4.98 Å². The van der Waals surface area contributed by atoms with Crippen molar-refractivity contribution >= 4 is 5.97 Å². The van der Waals surface area contributed by atoms with Crippen molar-refractivity contribution in [2.45, 2.75) is 6.92 Å². The number of rotatable bonds is 3. The van der Waals surface area contributed by atoms with Crippen LogP contribution < -0.4 is 4.74 Å². The zero-order valence-corrected chi connectivity index (χ0v) is 9.73. The zero-order valence-electron chi connectivity index (χ0n) is 9.73. The van der Waals surface area contributed by atoms with Gasteiger partial charge in [0.15, 0.2) is 17.3 Å². The number of carboxylic acids is 1. The number of aromatic carboxylic acids is 1. The second-order valence-electron chi connectivity index (χ2n) is 3.58. The molecule has 0 radical (unpaired) electrons. The molecule has 0 saturated heterocycles. The lowest BCUT2D eigenvalue weighted by Gasteiger charge is -2.02. The molecule has 18 heavy (non-hydrogen) atoms. The number of aryl methyl sites for hydroxylation is 1. The number of nitrogens with zero attached hydrogens (tertiary/aromatic N) is 1. The van der Waals surface area contributed by atoms with Crippen LogP contribution in [0.1, 0.15) is 16.2 Å². The van der Waals surface area contributed by atoms with Crippen LogP contribution >= 0.6 is 0 Å². The number of oxazole rings is 1. The number of ether oxygens (including phenoxy) is 1. The van der Waals surface area contributed by atoms with Gasteiger partial charge < -0.3 is 14.3 Å². The van der Waals surface area contributed by atoms with Gasteiger partial charge in [0.05, 0.1) is 7.11 Å². The van der Waals surface area contributed by atoms with Crippen LogP contribution in [0.3, 0.4) is 0 Å². The van der Waals surface area contributed by atoms with Crippen LogP contribution in [-0.4, -0.2) is 23.2 Å². The molecule has 0 saturated carbocycles. The van der Waals surface area contributed by atoms with Crippen LogP contribution in [0.25, 0.3) is 11.5 Å². The summed E-state index contributed by atoms with van der Waals surface area (Å²) in [6, 6.07) is 4.14. The molecule has 0 bridgehead atoms. The minimum atomic E-state index is -1.18. The second-order valence-corrected chi connectivity index (χ2v) is 3.58. The minimum absolute atomic E-state index is 0.0615. The number of methoxy groups -OCH3 is 1. The molecule has 2 aromatic rings. The molecular formula is C12H10FNO4. The van der Waals surface area contributed by atoms with Crippen LogP contribution in [0.5, 0.6) is 5.75 Å². The average molecular weight is 251 g/mol. The summed E-state index contributed by atoms with van der Waals surface area (Å²) in [5.74, 6) is -1.42. The molecule has 5 nitrogen and oxygen atoms in total. The molecule has 1 N–H and O–H groups in total. The lowest BCUT2D eigenvalue weighted by molar-refractivity contribution is 0.0689. The van der Waals surface area contributed by atoms with Gasteiger partial charge in [0.2, 0.25) is 5.89 Å². The quantitative estimate of drug-likeness (QED) is 0.907. The first-order chi connectivity index (χ1) is 8.52. The Bertz CT molecular complexity index is 606. The zero-order chi connectivity index (χ0) is 13.3. The number of carboxylic acid groups (broad SMARTS) is 1. The van der Waals surface area contributed by atoms with E-state index in [0.717, 1.165) is 0 Å². The molecule has 0 aliphatic rings. The molecule has 0 aliphatic heterocycles. The van der Waals surface area contributed by atoms with E-state index < -0.39 is 11.8 Å². The van der Waals surface area contributed by atoms with Gasteiger partial charge in [-0.15, -0.1) is 0 Å².